The maximum Gasteiger partial charge on any atom is 0.326 e. The molecule has 0 unspecified atom stereocenters. The van der Waals surface area contributed by atoms with E-state index in [-0.39, 0.29) is 19.1 Å². The number of esters is 1. The monoisotopic (exact) mass is 374 g/mol. The van der Waals surface area contributed by atoms with Gasteiger partial charge in [-0.1, -0.05) is 13.8 Å². The van der Waals surface area contributed by atoms with Crippen LogP contribution in [0.5, 0.6) is 5.75 Å². The van der Waals surface area contributed by atoms with Gasteiger partial charge in [-0.05, 0) is 37.5 Å². The van der Waals surface area contributed by atoms with E-state index < -0.39 is 5.97 Å². The fourth-order valence-electron chi connectivity index (χ4n) is 2.70. The van der Waals surface area contributed by atoms with Crippen LogP contribution in [0.15, 0.2) is 23.6 Å². The first kappa shape index (κ1) is 18.4. The van der Waals surface area contributed by atoms with E-state index in [9.17, 15) is 9.59 Å². The molecule has 1 aliphatic heterocycles. The number of amides is 1. The van der Waals surface area contributed by atoms with Crippen LogP contribution in [0.1, 0.15) is 31.7 Å². The van der Waals surface area contributed by atoms with Crippen molar-refractivity contribution in [3.63, 3.8) is 0 Å². The molecule has 26 heavy (non-hydrogen) atoms. The fourth-order valence-corrected chi connectivity index (χ4v) is 3.61. The number of hydrogen-bond acceptors (Lipinski definition) is 6. The van der Waals surface area contributed by atoms with Crippen LogP contribution in [0.2, 0.25) is 0 Å². The zero-order chi connectivity index (χ0) is 18.5. The summed E-state index contributed by atoms with van der Waals surface area (Å²) in [6.07, 6.45) is 2.74. The molecule has 2 heterocycles. The first-order valence-corrected chi connectivity index (χ1v) is 9.68. The van der Waals surface area contributed by atoms with E-state index in [0.29, 0.717) is 18.0 Å². The molecule has 1 aliphatic rings. The second kappa shape index (κ2) is 8.31. The molecule has 0 atom stereocenters. The van der Waals surface area contributed by atoms with Crippen molar-refractivity contribution in [2.24, 2.45) is 0 Å². The normalized spacial score (nSPS) is 13.3. The number of rotatable bonds is 7. The third-order valence-corrected chi connectivity index (χ3v) is 4.88. The van der Waals surface area contributed by atoms with E-state index in [1.165, 1.54) is 4.90 Å². The van der Waals surface area contributed by atoms with Crippen molar-refractivity contribution in [2.45, 2.75) is 33.1 Å². The van der Waals surface area contributed by atoms with E-state index >= 15 is 0 Å². The van der Waals surface area contributed by atoms with Crippen molar-refractivity contribution >= 4 is 28.9 Å². The Balaban J connectivity index is 1.86. The summed E-state index contributed by atoms with van der Waals surface area (Å²) in [6.45, 7) is 4.21. The van der Waals surface area contributed by atoms with Crippen molar-refractivity contribution in [1.29, 1.82) is 0 Å². The first-order chi connectivity index (χ1) is 12.6. The molecule has 7 heteroatoms. The Morgan fingerprint density at radius 2 is 2.19 bits per heavy atom. The second-order valence-corrected chi connectivity index (χ2v) is 6.99. The molecule has 0 bridgehead atoms. The number of aryl methyl sites for hydroxylation is 1. The van der Waals surface area contributed by atoms with Gasteiger partial charge in [0.1, 0.15) is 12.3 Å². The molecule has 138 valence electrons. The topological polar surface area (TPSA) is 68.7 Å². The number of fused-ring (bicyclic) bond motifs is 1. The first-order valence-electron chi connectivity index (χ1n) is 8.80. The number of ether oxygens (including phenoxy) is 2. The number of carbonyl (C=O) groups is 2. The number of benzene rings is 1. The lowest BCUT2D eigenvalue weighted by molar-refractivity contribution is -0.143. The van der Waals surface area contributed by atoms with Crippen molar-refractivity contribution in [3.05, 3.63) is 28.6 Å². The van der Waals surface area contributed by atoms with Gasteiger partial charge in [0.2, 0.25) is 0 Å². The highest BCUT2D eigenvalue weighted by atomic mass is 32.1. The molecular formula is C19H22N2O4S. The van der Waals surface area contributed by atoms with Gasteiger partial charge in [0.25, 0.3) is 5.91 Å². The molecule has 0 saturated carbocycles. The lowest BCUT2D eigenvalue weighted by Crippen LogP contribution is -2.42. The van der Waals surface area contributed by atoms with Crippen LogP contribution < -0.4 is 9.64 Å². The lowest BCUT2D eigenvalue weighted by atomic mass is 10.1. The SMILES string of the molecule is CCCOC(=O)CN1C(=O)COc2ccc(-c3csc(CCC)n3)cc21. The number of nitrogens with zero attached hydrogens (tertiary/aromatic N) is 2. The number of anilines is 1. The molecule has 2 aromatic rings. The van der Waals surface area contributed by atoms with Crippen LogP contribution in [-0.2, 0) is 20.7 Å². The zero-order valence-corrected chi connectivity index (χ0v) is 15.8. The summed E-state index contributed by atoms with van der Waals surface area (Å²) in [4.78, 5) is 30.3. The minimum Gasteiger partial charge on any atom is -0.482 e. The van der Waals surface area contributed by atoms with E-state index in [2.05, 4.69) is 11.9 Å². The largest absolute Gasteiger partial charge is 0.482 e. The van der Waals surface area contributed by atoms with Gasteiger partial charge in [-0.25, -0.2) is 4.98 Å². The van der Waals surface area contributed by atoms with E-state index in [4.69, 9.17) is 9.47 Å². The smallest absolute Gasteiger partial charge is 0.326 e. The van der Waals surface area contributed by atoms with Crippen LogP contribution in [-0.4, -0.2) is 36.6 Å². The summed E-state index contributed by atoms with van der Waals surface area (Å²) in [7, 11) is 0. The van der Waals surface area contributed by atoms with Crippen LogP contribution >= 0.6 is 11.3 Å². The van der Waals surface area contributed by atoms with Crippen molar-refractivity contribution in [2.75, 3.05) is 24.7 Å². The summed E-state index contributed by atoms with van der Waals surface area (Å²) < 4.78 is 10.6. The summed E-state index contributed by atoms with van der Waals surface area (Å²) in [6, 6.07) is 5.59. The number of aromatic nitrogens is 1. The van der Waals surface area contributed by atoms with Gasteiger partial charge in [-0.3, -0.25) is 14.5 Å². The molecule has 0 spiro atoms. The molecule has 1 aromatic heterocycles. The van der Waals surface area contributed by atoms with Gasteiger partial charge < -0.3 is 9.47 Å². The Hall–Kier alpha value is -2.41. The Morgan fingerprint density at radius 3 is 2.96 bits per heavy atom. The van der Waals surface area contributed by atoms with Gasteiger partial charge in [-0.15, -0.1) is 11.3 Å². The molecule has 6 nitrogen and oxygen atoms in total. The Kier molecular flexibility index (Phi) is 5.88. The molecular weight excluding hydrogens is 352 g/mol. The molecule has 0 saturated heterocycles. The molecule has 3 rings (SSSR count). The van der Waals surface area contributed by atoms with Gasteiger partial charge in [-0.2, -0.15) is 0 Å². The standard InChI is InChI=1S/C19H22N2O4S/c1-3-5-17-20-14(12-26-17)13-6-7-16-15(9-13)21(18(22)11-25-16)10-19(23)24-8-4-2/h6-7,9,12H,3-5,8,10-11H2,1-2H3. The van der Waals surface area contributed by atoms with Crippen LogP contribution in [0.4, 0.5) is 5.69 Å². The quantitative estimate of drug-likeness (QED) is 0.695. The Bertz CT molecular complexity index is 803. The molecule has 0 aliphatic carbocycles. The third-order valence-electron chi connectivity index (χ3n) is 3.97. The van der Waals surface area contributed by atoms with Gasteiger partial charge in [0.05, 0.1) is 23.0 Å². The maximum atomic E-state index is 12.3. The summed E-state index contributed by atoms with van der Waals surface area (Å²) in [5.74, 6) is -0.0916. The Morgan fingerprint density at radius 1 is 1.35 bits per heavy atom. The predicted molar refractivity (Wildman–Crippen MR) is 101 cm³/mol. The van der Waals surface area contributed by atoms with Gasteiger partial charge >= 0.3 is 5.97 Å². The summed E-state index contributed by atoms with van der Waals surface area (Å²) in [5, 5.41) is 3.10. The molecule has 0 radical (unpaired) electrons. The van der Waals surface area contributed by atoms with Gasteiger partial charge in [0, 0.05) is 10.9 Å². The lowest BCUT2D eigenvalue weighted by Gasteiger charge is -2.29. The fraction of sp³-hybridized carbons (Fsp3) is 0.421. The highest BCUT2D eigenvalue weighted by Gasteiger charge is 2.28. The minimum absolute atomic E-state index is 0.0786. The van der Waals surface area contributed by atoms with Crippen molar-refractivity contribution < 1.29 is 19.1 Å². The minimum atomic E-state index is -0.419. The average Bonchev–Trinajstić information content (AvgIpc) is 3.11. The van der Waals surface area contributed by atoms with Crippen LogP contribution in [0.3, 0.4) is 0 Å². The second-order valence-electron chi connectivity index (χ2n) is 6.05. The van der Waals surface area contributed by atoms with E-state index in [0.717, 1.165) is 35.5 Å². The molecule has 0 fully saturated rings. The van der Waals surface area contributed by atoms with Crippen LogP contribution in [0.25, 0.3) is 11.3 Å². The molecule has 0 N–H and O–H groups in total. The molecule has 1 amide bonds. The Labute approximate surface area is 156 Å². The summed E-state index contributed by atoms with van der Waals surface area (Å²) in [5.41, 5.74) is 2.35. The average molecular weight is 374 g/mol. The third kappa shape index (κ3) is 4.04. The number of thiazole rings is 1. The van der Waals surface area contributed by atoms with E-state index in [1.54, 1.807) is 11.3 Å². The molecule has 1 aromatic carbocycles. The van der Waals surface area contributed by atoms with Gasteiger partial charge in [0.15, 0.2) is 6.61 Å². The zero-order valence-electron chi connectivity index (χ0n) is 15.0. The number of carbonyl (C=O) groups excluding carboxylic acids is 2. The summed E-state index contributed by atoms with van der Waals surface area (Å²) >= 11 is 1.63. The highest BCUT2D eigenvalue weighted by Crippen LogP contribution is 2.36. The van der Waals surface area contributed by atoms with Crippen molar-refractivity contribution in [1.82, 2.24) is 4.98 Å². The highest BCUT2D eigenvalue weighted by molar-refractivity contribution is 7.09. The van der Waals surface area contributed by atoms with Crippen molar-refractivity contribution in [3.8, 4) is 17.0 Å². The van der Waals surface area contributed by atoms with Crippen LogP contribution in [0, 0.1) is 0 Å². The van der Waals surface area contributed by atoms with E-state index in [1.807, 2.05) is 30.5 Å². The maximum absolute atomic E-state index is 12.3. The predicted octanol–water partition coefficient (Wildman–Crippen LogP) is 3.44. The number of hydrogen-bond donors (Lipinski definition) is 0.